The van der Waals surface area contributed by atoms with Crippen LogP contribution in [0.4, 0.5) is 0 Å². The summed E-state index contributed by atoms with van der Waals surface area (Å²) < 4.78 is 2.00. The summed E-state index contributed by atoms with van der Waals surface area (Å²) in [6, 6.07) is 0. The molecular weight excluding hydrogens is 186 g/mol. The number of piperidine rings is 1. The molecule has 2 aliphatic rings. The molecule has 15 heavy (non-hydrogen) atoms. The molecule has 0 bridgehead atoms. The summed E-state index contributed by atoms with van der Waals surface area (Å²) in [7, 11) is 2.05. The van der Waals surface area contributed by atoms with Gasteiger partial charge >= 0.3 is 0 Å². The van der Waals surface area contributed by atoms with Crippen LogP contribution < -0.4 is 5.32 Å². The monoisotopic (exact) mass is 205 g/mol. The fourth-order valence-electron chi connectivity index (χ4n) is 2.63. The lowest BCUT2D eigenvalue weighted by molar-refractivity contribution is 0.459. The highest BCUT2D eigenvalue weighted by Gasteiger charge is 2.31. The Balaban J connectivity index is 1.87. The van der Waals surface area contributed by atoms with Crippen LogP contribution in [0.2, 0.25) is 0 Å². The molecule has 1 aromatic heterocycles. The highest BCUT2D eigenvalue weighted by Crippen LogP contribution is 2.43. The van der Waals surface area contributed by atoms with Crippen LogP contribution in [-0.2, 0) is 7.05 Å². The lowest BCUT2D eigenvalue weighted by Crippen LogP contribution is -2.28. The molecule has 3 heteroatoms. The second kappa shape index (κ2) is 3.63. The van der Waals surface area contributed by atoms with Gasteiger partial charge in [-0.1, -0.05) is 0 Å². The number of rotatable bonds is 2. The first-order valence-corrected chi connectivity index (χ1v) is 6.09. The Morgan fingerprint density at radius 3 is 2.87 bits per heavy atom. The average molecular weight is 205 g/mol. The minimum absolute atomic E-state index is 0.711. The van der Waals surface area contributed by atoms with Gasteiger partial charge in [0.1, 0.15) is 0 Å². The first kappa shape index (κ1) is 9.40. The fraction of sp³-hybridized carbons (Fsp3) is 0.750. The third-order valence-corrected chi connectivity index (χ3v) is 3.59. The van der Waals surface area contributed by atoms with Gasteiger partial charge in [-0.3, -0.25) is 4.68 Å². The van der Waals surface area contributed by atoms with Crippen molar-refractivity contribution in [3.05, 3.63) is 17.5 Å². The predicted molar refractivity (Wildman–Crippen MR) is 60.0 cm³/mol. The second-order valence-corrected chi connectivity index (χ2v) is 4.96. The number of aromatic nitrogens is 2. The summed E-state index contributed by atoms with van der Waals surface area (Å²) in [6.07, 6.45) is 7.59. The Bertz CT molecular complexity index is 346. The molecule has 3 nitrogen and oxygen atoms in total. The minimum Gasteiger partial charge on any atom is -0.316 e. The Morgan fingerprint density at radius 2 is 2.20 bits per heavy atom. The summed E-state index contributed by atoms with van der Waals surface area (Å²) in [6.45, 7) is 2.33. The molecule has 0 amide bonds. The zero-order chi connectivity index (χ0) is 10.3. The van der Waals surface area contributed by atoms with Crippen molar-refractivity contribution < 1.29 is 0 Å². The van der Waals surface area contributed by atoms with Crippen LogP contribution >= 0.6 is 0 Å². The average Bonchev–Trinajstić information content (AvgIpc) is 3.03. The van der Waals surface area contributed by atoms with Crippen LogP contribution in [0, 0.1) is 0 Å². The Hall–Kier alpha value is -0.830. The lowest BCUT2D eigenvalue weighted by atomic mass is 9.91. The van der Waals surface area contributed by atoms with Crippen LogP contribution in [0.5, 0.6) is 0 Å². The van der Waals surface area contributed by atoms with Crippen molar-refractivity contribution in [2.45, 2.75) is 37.5 Å². The molecule has 1 N–H and O–H groups in total. The Labute approximate surface area is 90.9 Å². The summed E-state index contributed by atoms with van der Waals surface area (Å²) >= 11 is 0. The van der Waals surface area contributed by atoms with Gasteiger partial charge in [-0.25, -0.2) is 0 Å². The van der Waals surface area contributed by atoms with E-state index in [-0.39, 0.29) is 0 Å². The van der Waals surface area contributed by atoms with Crippen molar-refractivity contribution in [1.82, 2.24) is 15.1 Å². The predicted octanol–water partition coefficient (Wildman–Crippen LogP) is 1.76. The first-order valence-electron chi connectivity index (χ1n) is 6.09. The van der Waals surface area contributed by atoms with E-state index in [4.69, 9.17) is 0 Å². The van der Waals surface area contributed by atoms with E-state index >= 15 is 0 Å². The van der Waals surface area contributed by atoms with E-state index in [0.29, 0.717) is 5.92 Å². The lowest BCUT2D eigenvalue weighted by Gasteiger charge is -2.22. The topological polar surface area (TPSA) is 29.9 Å². The van der Waals surface area contributed by atoms with Gasteiger partial charge in [-0.2, -0.15) is 5.10 Å². The zero-order valence-corrected chi connectivity index (χ0v) is 9.37. The standard InChI is InChI=1S/C12H19N3/c1-15-8-11(10-3-2-6-13-7-10)12(14-15)9-4-5-9/h8-10,13H,2-7H2,1H3. The zero-order valence-electron chi connectivity index (χ0n) is 9.37. The summed E-state index contributed by atoms with van der Waals surface area (Å²) in [5, 5.41) is 8.13. The van der Waals surface area contributed by atoms with Gasteiger partial charge < -0.3 is 5.32 Å². The molecule has 0 spiro atoms. The van der Waals surface area contributed by atoms with E-state index in [1.807, 2.05) is 11.7 Å². The molecule has 82 valence electrons. The Morgan fingerprint density at radius 1 is 1.33 bits per heavy atom. The van der Waals surface area contributed by atoms with Gasteiger partial charge in [-0.15, -0.1) is 0 Å². The third-order valence-electron chi connectivity index (χ3n) is 3.59. The molecule has 1 saturated heterocycles. The van der Waals surface area contributed by atoms with E-state index in [2.05, 4.69) is 16.6 Å². The van der Waals surface area contributed by atoms with Gasteiger partial charge in [-0.05, 0) is 43.7 Å². The molecule has 2 fully saturated rings. The molecule has 1 saturated carbocycles. The molecule has 2 heterocycles. The molecular formula is C12H19N3. The van der Waals surface area contributed by atoms with Gasteiger partial charge in [0.2, 0.25) is 0 Å². The summed E-state index contributed by atoms with van der Waals surface area (Å²) in [4.78, 5) is 0. The molecule has 1 aliphatic heterocycles. The molecule has 0 aromatic carbocycles. The normalized spacial score (nSPS) is 26.9. The fourth-order valence-corrected chi connectivity index (χ4v) is 2.63. The molecule has 3 rings (SSSR count). The first-order chi connectivity index (χ1) is 7.34. The van der Waals surface area contributed by atoms with Crippen molar-refractivity contribution in [3.8, 4) is 0 Å². The van der Waals surface area contributed by atoms with E-state index < -0.39 is 0 Å². The number of nitrogens with zero attached hydrogens (tertiary/aromatic N) is 2. The van der Waals surface area contributed by atoms with Crippen LogP contribution in [-0.4, -0.2) is 22.9 Å². The number of hydrogen-bond acceptors (Lipinski definition) is 2. The van der Waals surface area contributed by atoms with Crippen LogP contribution in [0.1, 0.15) is 48.8 Å². The second-order valence-electron chi connectivity index (χ2n) is 4.96. The van der Waals surface area contributed by atoms with Gasteiger partial charge in [0, 0.05) is 25.7 Å². The molecule has 0 radical (unpaired) electrons. The van der Waals surface area contributed by atoms with E-state index in [9.17, 15) is 0 Å². The van der Waals surface area contributed by atoms with Gasteiger partial charge in [0.15, 0.2) is 0 Å². The third kappa shape index (κ3) is 1.81. The van der Waals surface area contributed by atoms with E-state index in [0.717, 1.165) is 12.5 Å². The number of hydrogen-bond donors (Lipinski definition) is 1. The minimum atomic E-state index is 0.711. The highest BCUT2D eigenvalue weighted by molar-refractivity contribution is 5.29. The molecule has 1 unspecified atom stereocenters. The van der Waals surface area contributed by atoms with E-state index in [1.54, 1.807) is 0 Å². The maximum absolute atomic E-state index is 4.64. The van der Waals surface area contributed by atoms with Crippen molar-refractivity contribution >= 4 is 0 Å². The van der Waals surface area contributed by atoms with E-state index in [1.165, 1.54) is 43.5 Å². The summed E-state index contributed by atoms with van der Waals surface area (Å²) in [5.41, 5.74) is 2.92. The quantitative estimate of drug-likeness (QED) is 0.797. The van der Waals surface area contributed by atoms with Crippen LogP contribution in [0.3, 0.4) is 0 Å². The van der Waals surface area contributed by atoms with Gasteiger partial charge in [0.25, 0.3) is 0 Å². The van der Waals surface area contributed by atoms with Crippen LogP contribution in [0.25, 0.3) is 0 Å². The maximum Gasteiger partial charge on any atom is 0.0690 e. The maximum atomic E-state index is 4.64. The molecule has 1 atom stereocenters. The largest absolute Gasteiger partial charge is 0.316 e. The number of nitrogens with one attached hydrogen (secondary N) is 1. The molecule has 1 aliphatic carbocycles. The summed E-state index contributed by atoms with van der Waals surface area (Å²) in [5.74, 6) is 1.49. The van der Waals surface area contributed by atoms with Crippen molar-refractivity contribution in [1.29, 1.82) is 0 Å². The Kier molecular flexibility index (Phi) is 2.28. The van der Waals surface area contributed by atoms with Crippen LogP contribution in [0.15, 0.2) is 6.20 Å². The van der Waals surface area contributed by atoms with Crippen molar-refractivity contribution in [2.75, 3.05) is 13.1 Å². The molecule has 1 aromatic rings. The number of aryl methyl sites for hydroxylation is 1. The SMILES string of the molecule is Cn1cc(C2CCCNC2)c(C2CC2)n1. The highest BCUT2D eigenvalue weighted by atomic mass is 15.3. The van der Waals surface area contributed by atoms with Crippen molar-refractivity contribution in [3.63, 3.8) is 0 Å². The van der Waals surface area contributed by atoms with Gasteiger partial charge in [0.05, 0.1) is 5.69 Å². The van der Waals surface area contributed by atoms with Crippen molar-refractivity contribution in [2.24, 2.45) is 7.05 Å². The smallest absolute Gasteiger partial charge is 0.0690 e.